The van der Waals surface area contributed by atoms with E-state index < -0.39 is 0 Å². The van der Waals surface area contributed by atoms with Gasteiger partial charge in [0.25, 0.3) is 0 Å². The topological polar surface area (TPSA) is 27.1 Å². The number of aromatic nitrogens is 2. The van der Waals surface area contributed by atoms with Crippen molar-refractivity contribution < 1.29 is 4.74 Å². The third kappa shape index (κ3) is 3.36. The number of hydrogen-bond donors (Lipinski definition) is 0. The van der Waals surface area contributed by atoms with E-state index >= 15 is 0 Å². The average molecular weight is 203 g/mol. The summed E-state index contributed by atoms with van der Waals surface area (Å²) < 4.78 is 7.38. The fourth-order valence-electron chi connectivity index (χ4n) is 1.08. The predicted molar refractivity (Wildman–Crippen MR) is 52.9 cm³/mol. The van der Waals surface area contributed by atoms with Crippen LogP contribution in [0, 0.1) is 0 Å². The van der Waals surface area contributed by atoms with Crippen LogP contribution in [0.5, 0.6) is 0 Å². The van der Waals surface area contributed by atoms with E-state index in [1.165, 1.54) is 0 Å². The van der Waals surface area contributed by atoms with Crippen molar-refractivity contribution in [1.82, 2.24) is 9.55 Å². The van der Waals surface area contributed by atoms with Crippen LogP contribution in [0.25, 0.3) is 0 Å². The highest BCUT2D eigenvalue weighted by Crippen LogP contribution is 2.01. The molecular formula is C9H15ClN2O. The summed E-state index contributed by atoms with van der Waals surface area (Å²) in [6, 6.07) is 0. The largest absolute Gasteiger partial charge is 0.380 e. The number of rotatable bonds is 6. The van der Waals surface area contributed by atoms with Gasteiger partial charge in [-0.25, -0.2) is 4.98 Å². The van der Waals surface area contributed by atoms with E-state index in [0.717, 1.165) is 32.0 Å². The van der Waals surface area contributed by atoms with E-state index in [0.29, 0.717) is 5.88 Å². The fourth-order valence-corrected chi connectivity index (χ4v) is 1.31. The second-order valence-corrected chi connectivity index (χ2v) is 3.05. The molecule has 0 N–H and O–H groups in total. The molecule has 0 unspecified atom stereocenters. The molecule has 0 spiro atoms. The zero-order valence-corrected chi connectivity index (χ0v) is 8.63. The van der Waals surface area contributed by atoms with Crippen molar-refractivity contribution in [3.05, 3.63) is 18.2 Å². The van der Waals surface area contributed by atoms with Gasteiger partial charge >= 0.3 is 0 Å². The lowest BCUT2D eigenvalue weighted by molar-refractivity contribution is 0.126. The normalized spacial score (nSPS) is 10.6. The van der Waals surface area contributed by atoms with Crippen molar-refractivity contribution in [1.29, 1.82) is 0 Å². The van der Waals surface area contributed by atoms with Gasteiger partial charge in [-0.15, -0.1) is 11.6 Å². The number of halogens is 1. The highest BCUT2D eigenvalue weighted by atomic mass is 35.5. The molecule has 74 valence electrons. The molecule has 0 aliphatic heterocycles. The molecule has 1 heterocycles. The number of hydrogen-bond acceptors (Lipinski definition) is 2. The Bertz CT molecular complexity index is 237. The first-order chi connectivity index (χ1) is 6.38. The van der Waals surface area contributed by atoms with E-state index in [1.54, 1.807) is 6.20 Å². The molecular weight excluding hydrogens is 188 g/mol. The highest BCUT2D eigenvalue weighted by molar-refractivity contribution is 6.16. The van der Waals surface area contributed by atoms with Gasteiger partial charge < -0.3 is 9.30 Å². The molecule has 0 bridgehead atoms. The average Bonchev–Trinajstić information content (AvgIpc) is 2.60. The van der Waals surface area contributed by atoms with E-state index in [4.69, 9.17) is 16.3 Å². The zero-order valence-electron chi connectivity index (χ0n) is 7.87. The summed E-state index contributed by atoms with van der Waals surface area (Å²) in [7, 11) is 0. The quantitative estimate of drug-likeness (QED) is 0.522. The lowest BCUT2D eigenvalue weighted by atomic mass is 10.5. The molecule has 0 aliphatic carbocycles. The van der Waals surface area contributed by atoms with Gasteiger partial charge in [-0.1, -0.05) is 6.92 Å². The highest BCUT2D eigenvalue weighted by Gasteiger charge is 1.99. The van der Waals surface area contributed by atoms with Crippen molar-refractivity contribution >= 4 is 11.6 Å². The van der Waals surface area contributed by atoms with Crippen molar-refractivity contribution in [2.24, 2.45) is 0 Å². The Morgan fingerprint density at radius 1 is 1.54 bits per heavy atom. The molecule has 0 amide bonds. The van der Waals surface area contributed by atoms with Gasteiger partial charge in [0.15, 0.2) is 0 Å². The molecule has 1 rings (SSSR count). The van der Waals surface area contributed by atoms with Crippen molar-refractivity contribution in [2.45, 2.75) is 25.8 Å². The summed E-state index contributed by atoms with van der Waals surface area (Å²) in [6.45, 7) is 4.49. The van der Waals surface area contributed by atoms with E-state index in [-0.39, 0.29) is 0 Å². The molecule has 13 heavy (non-hydrogen) atoms. The molecule has 0 saturated heterocycles. The standard InChI is InChI=1S/C9H15ClN2O/c1-2-6-13-7-5-12-4-3-11-9(12)8-10/h3-4H,2,5-8H2,1H3. The summed E-state index contributed by atoms with van der Waals surface area (Å²) in [4.78, 5) is 4.11. The van der Waals surface area contributed by atoms with Crippen LogP contribution in [0.4, 0.5) is 0 Å². The van der Waals surface area contributed by atoms with Crippen LogP contribution in [0.2, 0.25) is 0 Å². The van der Waals surface area contributed by atoms with Crippen molar-refractivity contribution in [3.8, 4) is 0 Å². The first-order valence-electron chi connectivity index (χ1n) is 4.52. The Labute approximate surface area is 83.7 Å². The van der Waals surface area contributed by atoms with Crippen LogP contribution < -0.4 is 0 Å². The van der Waals surface area contributed by atoms with Crippen molar-refractivity contribution in [2.75, 3.05) is 13.2 Å². The van der Waals surface area contributed by atoms with Gasteiger partial charge in [0.1, 0.15) is 5.82 Å². The van der Waals surface area contributed by atoms with Gasteiger partial charge in [0.2, 0.25) is 0 Å². The molecule has 0 radical (unpaired) electrons. The van der Waals surface area contributed by atoms with Crippen molar-refractivity contribution in [3.63, 3.8) is 0 Å². The van der Waals surface area contributed by atoms with Crippen LogP contribution in [0.15, 0.2) is 12.4 Å². The summed E-state index contributed by atoms with van der Waals surface area (Å²) in [5.74, 6) is 1.36. The second-order valence-electron chi connectivity index (χ2n) is 2.78. The maximum absolute atomic E-state index is 5.69. The molecule has 3 nitrogen and oxygen atoms in total. The third-order valence-corrected chi connectivity index (χ3v) is 1.99. The number of ether oxygens (including phenoxy) is 1. The first kappa shape index (κ1) is 10.5. The Balaban J connectivity index is 2.27. The van der Waals surface area contributed by atoms with Crippen LogP contribution in [-0.2, 0) is 17.2 Å². The van der Waals surface area contributed by atoms with Gasteiger partial charge in [-0.2, -0.15) is 0 Å². The van der Waals surface area contributed by atoms with Gasteiger partial charge in [-0.05, 0) is 6.42 Å². The van der Waals surface area contributed by atoms with E-state index in [9.17, 15) is 0 Å². The molecule has 0 aliphatic rings. The Morgan fingerprint density at radius 3 is 3.08 bits per heavy atom. The van der Waals surface area contributed by atoms with E-state index in [2.05, 4.69) is 11.9 Å². The molecule has 0 fully saturated rings. The Morgan fingerprint density at radius 2 is 2.38 bits per heavy atom. The number of nitrogens with zero attached hydrogens (tertiary/aromatic N) is 2. The lowest BCUT2D eigenvalue weighted by Crippen LogP contribution is -2.08. The van der Waals surface area contributed by atoms with Crippen LogP contribution in [0.1, 0.15) is 19.2 Å². The maximum atomic E-state index is 5.69. The zero-order chi connectivity index (χ0) is 9.52. The van der Waals surface area contributed by atoms with Crippen LogP contribution in [-0.4, -0.2) is 22.8 Å². The summed E-state index contributed by atoms with van der Waals surface area (Å²) in [5.41, 5.74) is 0. The first-order valence-corrected chi connectivity index (χ1v) is 5.05. The molecule has 4 heteroatoms. The SMILES string of the molecule is CCCOCCn1ccnc1CCl. The predicted octanol–water partition coefficient (Wildman–Crippen LogP) is 2.05. The van der Waals surface area contributed by atoms with E-state index in [1.807, 2.05) is 10.8 Å². The monoisotopic (exact) mass is 202 g/mol. The van der Waals surface area contributed by atoms with Gasteiger partial charge in [0.05, 0.1) is 12.5 Å². The fraction of sp³-hybridized carbons (Fsp3) is 0.667. The van der Waals surface area contributed by atoms with Gasteiger partial charge in [0, 0.05) is 25.5 Å². The second kappa shape index (κ2) is 6.00. The summed E-state index contributed by atoms with van der Waals surface area (Å²) >= 11 is 5.69. The Hall–Kier alpha value is -0.540. The smallest absolute Gasteiger partial charge is 0.123 e. The minimum atomic E-state index is 0.459. The molecule has 0 atom stereocenters. The minimum Gasteiger partial charge on any atom is -0.380 e. The minimum absolute atomic E-state index is 0.459. The molecule has 1 aromatic heterocycles. The molecule has 1 aromatic rings. The molecule has 0 aromatic carbocycles. The molecule has 0 saturated carbocycles. The number of alkyl halides is 1. The lowest BCUT2D eigenvalue weighted by Gasteiger charge is -2.05. The summed E-state index contributed by atoms with van der Waals surface area (Å²) in [5, 5.41) is 0. The van der Waals surface area contributed by atoms with Crippen LogP contribution in [0.3, 0.4) is 0 Å². The number of imidazole rings is 1. The van der Waals surface area contributed by atoms with Crippen LogP contribution >= 0.6 is 11.6 Å². The maximum Gasteiger partial charge on any atom is 0.123 e. The van der Waals surface area contributed by atoms with Gasteiger partial charge in [-0.3, -0.25) is 0 Å². The summed E-state index contributed by atoms with van der Waals surface area (Å²) in [6.07, 6.45) is 4.75. The Kier molecular flexibility index (Phi) is 4.86. The third-order valence-electron chi connectivity index (χ3n) is 1.75.